The molecule has 0 bridgehead atoms. The van der Waals surface area contributed by atoms with E-state index in [1.54, 1.807) is 18.5 Å². The normalized spacial score (nSPS) is 10.0. The Labute approximate surface area is 106 Å². The number of pyridine rings is 1. The van der Waals surface area contributed by atoms with Gasteiger partial charge in [-0.1, -0.05) is 0 Å². The molecular weight excluding hydrogens is 288 g/mol. The fraction of sp³-hybridized carbons (Fsp3) is 0.100. The van der Waals surface area contributed by atoms with E-state index in [4.69, 9.17) is 15.2 Å². The van der Waals surface area contributed by atoms with Gasteiger partial charge in [0.05, 0.1) is 13.3 Å². The molecule has 0 unspecified atom stereocenters. The summed E-state index contributed by atoms with van der Waals surface area (Å²) in [6, 6.07) is 1.75. The Hall–Kier alpha value is -1.89. The number of ether oxygens (including phenoxy) is 2. The molecule has 0 saturated carbocycles. The lowest BCUT2D eigenvalue weighted by Gasteiger charge is -2.09. The lowest BCUT2D eigenvalue weighted by atomic mass is 10.4. The minimum Gasteiger partial charge on any atom is -0.489 e. The minimum atomic E-state index is 0.223. The summed E-state index contributed by atoms with van der Waals surface area (Å²) >= 11 is 3.29. The molecule has 2 aromatic heterocycles. The molecule has 0 radical (unpaired) electrons. The van der Waals surface area contributed by atoms with Gasteiger partial charge in [-0.25, -0.2) is 4.98 Å². The third-order valence-corrected chi connectivity index (χ3v) is 2.33. The summed E-state index contributed by atoms with van der Waals surface area (Å²) in [7, 11) is 1.47. The highest BCUT2D eigenvalue weighted by atomic mass is 79.9. The van der Waals surface area contributed by atoms with Gasteiger partial charge in [0, 0.05) is 10.7 Å². The van der Waals surface area contributed by atoms with Crippen LogP contribution in [-0.4, -0.2) is 22.1 Å². The highest BCUT2D eigenvalue weighted by Crippen LogP contribution is 2.32. The van der Waals surface area contributed by atoms with E-state index in [0.717, 1.165) is 4.47 Å². The average molecular weight is 297 g/mol. The first-order chi connectivity index (χ1) is 8.20. The molecule has 0 spiro atoms. The number of nitrogens with zero attached hydrogens (tertiary/aromatic N) is 3. The summed E-state index contributed by atoms with van der Waals surface area (Å²) in [5.41, 5.74) is 5.63. The van der Waals surface area contributed by atoms with E-state index in [-0.39, 0.29) is 11.7 Å². The van der Waals surface area contributed by atoms with Crippen LogP contribution in [0.25, 0.3) is 0 Å². The molecule has 17 heavy (non-hydrogen) atoms. The van der Waals surface area contributed by atoms with Gasteiger partial charge < -0.3 is 15.2 Å². The van der Waals surface area contributed by atoms with Gasteiger partial charge in [0.15, 0.2) is 5.82 Å². The van der Waals surface area contributed by atoms with Crippen LogP contribution in [0.2, 0.25) is 0 Å². The monoisotopic (exact) mass is 296 g/mol. The van der Waals surface area contributed by atoms with Crippen LogP contribution in [-0.2, 0) is 0 Å². The van der Waals surface area contributed by atoms with Crippen LogP contribution in [0.4, 0.5) is 5.82 Å². The number of halogens is 1. The summed E-state index contributed by atoms with van der Waals surface area (Å²) in [6.07, 6.45) is 4.51. The maximum absolute atomic E-state index is 5.63. The largest absolute Gasteiger partial charge is 0.489 e. The van der Waals surface area contributed by atoms with Gasteiger partial charge in [-0.05, 0) is 22.0 Å². The lowest BCUT2D eigenvalue weighted by molar-refractivity contribution is 0.369. The van der Waals surface area contributed by atoms with Crippen LogP contribution in [0.15, 0.2) is 29.3 Å². The summed E-state index contributed by atoms with van der Waals surface area (Å²) < 4.78 is 11.4. The highest BCUT2D eigenvalue weighted by molar-refractivity contribution is 9.10. The Bertz CT molecular complexity index is 535. The highest BCUT2D eigenvalue weighted by Gasteiger charge is 2.12. The molecule has 2 rings (SSSR count). The molecule has 7 heteroatoms. The molecule has 2 N–H and O–H groups in total. The van der Waals surface area contributed by atoms with Crippen LogP contribution in [0.1, 0.15) is 0 Å². The molecule has 2 heterocycles. The summed E-state index contributed by atoms with van der Waals surface area (Å²) in [4.78, 5) is 11.7. The molecule has 0 aromatic carbocycles. The van der Waals surface area contributed by atoms with Crippen molar-refractivity contribution < 1.29 is 9.47 Å². The van der Waals surface area contributed by atoms with Gasteiger partial charge in [-0.3, -0.25) is 4.98 Å². The molecular formula is C10H9BrN4O2. The van der Waals surface area contributed by atoms with Gasteiger partial charge in [0.1, 0.15) is 12.1 Å². The number of nitrogens with two attached hydrogens (primary N) is 1. The predicted molar refractivity (Wildman–Crippen MR) is 65.0 cm³/mol. The number of nitrogen functional groups attached to an aromatic ring is 1. The van der Waals surface area contributed by atoms with Crippen molar-refractivity contribution in [2.24, 2.45) is 0 Å². The molecule has 0 amide bonds. The van der Waals surface area contributed by atoms with Gasteiger partial charge in [0.2, 0.25) is 5.75 Å². The van der Waals surface area contributed by atoms with E-state index < -0.39 is 0 Å². The first kappa shape index (κ1) is 11.6. The van der Waals surface area contributed by atoms with E-state index in [9.17, 15) is 0 Å². The zero-order valence-corrected chi connectivity index (χ0v) is 10.5. The molecule has 0 aliphatic heterocycles. The topological polar surface area (TPSA) is 83.2 Å². The molecule has 0 saturated heterocycles. The minimum absolute atomic E-state index is 0.223. The molecule has 0 atom stereocenters. The van der Waals surface area contributed by atoms with Crippen molar-refractivity contribution in [3.8, 4) is 17.4 Å². The SMILES string of the molecule is COc1c(N)ncnc1Oc1cncc(Br)c1. The van der Waals surface area contributed by atoms with E-state index in [2.05, 4.69) is 30.9 Å². The van der Waals surface area contributed by atoms with E-state index >= 15 is 0 Å². The Morgan fingerprint density at radius 3 is 2.82 bits per heavy atom. The zero-order chi connectivity index (χ0) is 12.3. The Morgan fingerprint density at radius 2 is 2.12 bits per heavy atom. The number of rotatable bonds is 3. The maximum Gasteiger partial charge on any atom is 0.268 e. The second-order valence-corrected chi connectivity index (χ2v) is 3.95. The molecule has 0 aliphatic carbocycles. The van der Waals surface area contributed by atoms with Crippen LogP contribution in [0.3, 0.4) is 0 Å². The molecule has 6 nitrogen and oxygen atoms in total. The second kappa shape index (κ2) is 4.96. The quantitative estimate of drug-likeness (QED) is 0.933. The van der Waals surface area contributed by atoms with Gasteiger partial charge in [-0.2, -0.15) is 4.98 Å². The predicted octanol–water partition coefficient (Wildman–Crippen LogP) is 2.02. The van der Waals surface area contributed by atoms with Crippen LogP contribution >= 0.6 is 15.9 Å². The standard InChI is InChI=1S/C10H9BrN4O2/c1-16-8-9(12)14-5-15-10(8)17-7-2-6(11)3-13-4-7/h2-5H,1H3,(H2,12,14,15). The van der Waals surface area contributed by atoms with Crippen LogP contribution in [0.5, 0.6) is 17.4 Å². The van der Waals surface area contributed by atoms with Crippen molar-refractivity contribution >= 4 is 21.7 Å². The van der Waals surface area contributed by atoms with Gasteiger partial charge in [-0.15, -0.1) is 0 Å². The Balaban J connectivity index is 2.33. The average Bonchev–Trinajstić information content (AvgIpc) is 2.29. The number of aromatic nitrogens is 3. The van der Waals surface area contributed by atoms with Gasteiger partial charge in [0.25, 0.3) is 5.88 Å². The zero-order valence-electron chi connectivity index (χ0n) is 8.92. The molecule has 0 aliphatic rings. The van der Waals surface area contributed by atoms with Crippen molar-refractivity contribution in [2.75, 3.05) is 12.8 Å². The number of methoxy groups -OCH3 is 1. The number of anilines is 1. The fourth-order valence-electron chi connectivity index (χ4n) is 1.19. The van der Waals surface area contributed by atoms with Crippen molar-refractivity contribution in [3.63, 3.8) is 0 Å². The van der Waals surface area contributed by atoms with Crippen LogP contribution in [0, 0.1) is 0 Å². The number of hydrogen-bond acceptors (Lipinski definition) is 6. The van der Waals surface area contributed by atoms with Crippen molar-refractivity contribution in [1.82, 2.24) is 15.0 Å². The first-order valence-electron chi connectivity index (χ1n) is 4.63. The number of hydrogen-bond donors (Lipinski definition) is 1. The van der Waals surface area contributed by atoms with E-state index in [1.165, 1.54) is 13.4 Å². The van der Waals surface area contributed by atoms with E-state index in [1.807, 2.05) is 0 Å². The molecule has 2 aromatic rings. The fourth-order valence-corrected chi connectivity index (χ4v) is 1.54. The third kappa shape index (κ3) is 2.62. The molecule has 0 fully saturated rings. The van der Waals surface area contributed by atoms with Gasteiger partial charge >= 0.3 is 0 Å². The van der Waals surface area contributed by atoms with Crippen molar-refractivity contribution in [3.05, 3.63) is 29.3 Å². The second-order valence-electron chi connectivity index (χ2n) is 3.04. The summed E-state index contributed by atoms with van der Waals surface area (Å²) in [5.74, 6) is 1.30. The lowest BCUT2D eigenvalue weighted by Crippen LogP contribution is -2.00. The van der Waals surface area contributed by atoms with Crippen molar-refractivity contribution in [2.45, 2.75) is 0 Å². The van der Waals surface area contributed by atoms with Crippen LogP contribution < -0.4 is 15.2 Å². The first-order valence-corrected chi connectivity index (χ1v) is 5.43. The Kier molecular flexibility index (Phi) is 3.38. The van der Waals surface area contributed by atoms with Crippen molar-refractivity contribution in [1.29, 1.82) is 0 Å². The van der Waals surface area contributed by atoms with E-state index in [0.29, 0.717) is 11.5 Å². The summed E-state index contributed by atoms with van der Waals surface area (Å²) in [5, 5.41) is 0. The summed E-state index contributed by atoms with van der Waals surface area (Å²) in [6.45, 7) is 0. The Morgan fingerprint density at radius 1 is 1.29 bits per heavy atom. The molecule has 88 valence electrons. The maximum atomic E-state index is 5.63. The third-order valence-electron chi connectivity index (χ3n) is 1.90. The smallest absolute Gasteiger partial charge is 0.268 e.